The van der Waals surface area contributed by atoms with Gasteiger partial charge in [-0.3, -0.25) is 4.79 Å². The van der Waals surface area contributed by atoms with Crippen LogP contribution in [-0.2, 0) is 13.0 Å². The first kappa shape index (κ1) is 21.8. The van der Waals surface area contributed by atoms with Crippen LogP contribution < -0.4 is 20.5 Å². The van der Waals surface area contributed by atoms with Gasteiger partial charge in [0.05, 0.1) is 13.7 Å². The number of carbonyl (C=O) groups is 1. The predicted molar refractivity (Wildman–Crippen MR) is 106 cm³/mol. The van der Waals surface area contributed by atoms with E-state index in [1.165, 1.54) is 0 Å². The molecule has 0 aliphatic carbocycles. The largest absolute Gasteiger partial charge is 0.493 e. The maximum atomic E-state index is 12.1. The Balaban J connectivity index is 0.00000338. The summed E-state index contributed by atoms with van der Waals surface area (Å²) in [5.41, 5.74) is 8.39. The maximum absolute atomic E-state index is 12.1. The maximum Gasteiger partial charge on any atom is 0.251 e. The molecule has 3 N–H and O–H groups in total. The number of halogens is 1. The summed E-state index contributed by atoms with van der Waals surface area (Å²) in [4.78, 5) is 12.1. The topological polar surface area (TPSA) is 73.6 Å². The van der Waals surface area contributed by atoms with Crippen LogP contribution in [0.4, 0.5) is 0 Å². The molecule has 0 spiro atoms. The van der Waals surface area contributed by atoms with Crippen LogP contribution in [-0.4, -0.2) is 26.2 Å². The van der Waals surface area contributed by atoms with Crippen molar-refractivity contribution < 1.29 is 14.3 Å². The molecule has 0 bridgehead atoms. The third kappa shape index (κ3) is 6.24. The fourth-order valence-electron chi connectivity index (χ4n) is 2.53. The Hall–Kier alpha value is -2.24. The number of ether oxygens (including phenoxy) is 2. The minimum atomic E-state index is -0.0618. The van der Waals surface area contributed by atoms with E-state index in [0.29, 0.717) is 25.3 Å². The van der Waals surface area contributed by atoms with E-state index in [1.807, 2.05) is 37.3 Å². The van der Waals surface area contributed by atoms with Crippen molar-refractivity contribution in [3.63, 3.8) is 0 Å². The van der Waals surface area contributed by atoms with Gasteiger partial charge in [-0.15, -0.1) is 12.4 Å². The zero-order chi connectivity index (χ0) is 18.1. The Morgan fingerprint density at radius 2 is 1.77 bits per heavy atom. The van der Waals surface area contributed by atoms with Gasteiger partial charge in [0.1, 0.15) is 0 Å². The van der Waals surface area contributed by atoms with Gasteiger partial charge in [0.15, 0.2) is 11.5 Å². The molecule has 0 unspecified atom stereocenters. The number of nitrogens with one attached hydrogen (secondary N) is 1. The van der Waals surface area contributed by atoms with Crippen molar-refractivity contribution in [1.29, 1.82) is 0 Å². The highest BCUT2D eigenvalue weighted by atomic mass is 35.5. The normalized spacial score (nSPS) is 9.96. The van der Waals surface area contributed by atoms with E-state index in [9.17, 15) is 4.79 Å². The van der Waals surface area contributed by atoms with E-state index in [4.69, 9.17) is 15.2 Å². The van der Waals surface area contributed by atoms with E-state index in [0.717, 1.165) is 35.5 Å². The Morgan fingerprint density at radius 3 is 2.38 bits per heavy atom. The molecule has 0 saturated carbocycles. The molecular weight excluding hydrogens is 352 g/mol. The van der Waals surface area contributed by atoms with Crippen LogP contribution in [0.15, 0.2) is 42.5 Å². The average molecular weight is 379 g/mol. The number of aryl methyl sites for hydroxylation is 1. The third-order valence-electron chi connectivity index (χ3n) is 3.91. The second kappa shape index (κ2) is 11.4. The molecule has 142 valence electrons. The number of methoxy groups -OCH3 is 1. The van der Waals surface area contributed by atoms with Gasteiger partial charge in [0.2, 0.25) is 0 Å². The quantitative estimate of drug-likeness (QED) is 0.656. The Morgan fingerprint density at radius 1 is 1.08 bits per heavy atom. The van der Waals surface area contributed by atoms with Crippen molar-refractivity contribution in [2.24, 2.45) is 5.73 Å². The summed E-state index contributed by atoms with van der Waals surface area (Å²) in [6.07, 6.45) is 1.71. The van der Waals surface area contributed by atoms with Gasteiger partial charge in [-0.25, -0.2) is 0 Å². The highest BCUT2D eigenvalue weighted by Crippen LogP contribution is 2.28. The van der Waals surface area contributed by atoms with Crippen LogP contribution in [0.2, 0.25) is 0 Å². The van der Waals surface area contributed by atoms with Crippen LogP contribution in [0.25, 0.3) is 0 Å². The molecule has 0 aliphatic rings. The number of hydrogen-bond acceptors (Lipinski definition) is 4. The zero-order valence-electron chi connectivity index (χ0n) is 15.3. The van der Waals surface area contributed by atoms with Crippen LogP contribution >= 0.6 is 12.4 Å². The van der Waals surface area contributed by atoms with E-state index in [-0.39, 0.29) is 18.3 Å². The van der Waals surface area contributed by atoms with E-state index < -0.39 is 0 Å². The molecule has 6 heteroatoms. The fraction of sp³-hybridized carbons (Fsp3) is 0.350. The standard InChI is InChI=1S/C20H26N2O3.ClH/c1-3-25-19-13-15(8-11-18(19)24-2)5-4-12-22-20(23)17-9-6-16(14-21)7-10-17;/h6-11,13H,3-5,12,14,21H2,1-2H3,(H,22,23);1H. The van der Waals surface area contributed by atoms with Crippen molar-refractivity contribution in [2.75, 3.05) is 20.3 Å². The fourth-order valence-corrected chi connectivity index (χ4v) is 2.53. The first-order chi connectivity index (χ1) is 12.2. The van der Waals surface area contributed by atoms with Crippen molar-refractivity contribution in [3.8, 4) is 11.5 Å². The summed E-state index contributed by atoms with van der Waals surface area (Å²) >= 11 is 0. The number of hydrogen-bond donors (Lipinski definition) is 2. The van der Waals surface area contributed by atoms with Crippen LogP contribution in [0.5, 0.6) is 11.5 Å². The molecule has 0 fully saturated rings. The van der Waals surface area contributed by atoms with E-state index >= 15 is 0 Å². The SMILES string of the molecule is CCOc1cc(CCCNC(=O)c2ccc(CN)cc2)ccc1OC.Cl. The minimum Gasteiger partial charge on any atom is -0.493 e. The summed E-state index contributed by atoms with van der Waals surface area (Å²) < 4.78 is 10.9. The van der Waals surface area contributed by atoms with Gasteiger partial charge < -0.3 is 20.5 Å². The summed E-state index contributed by atoms with van der Waals surface area (Å²) in [5.74, 6) is 1.43. The highest BCUT2D eigenvalue weighted by Gasteiger charge is 2.07. The van der Waals surface area contributed by atoms with Gasteiger partial charge >= 0.3 is 0 Å². The predicted octanol–water partition coefficient (Wildman–Crippen LogP) is 3.34. The minimum absolute atomic E-state index is 0. The molecule has 0 radical (unpaired) electrons. The number of benzene rings is 2. The van der Waals surface area contributed by atoms with Crippen LogP contribution in [0.1, 0.15) is 34.8 Å². The molecule has 0 heterocycles. The molecule has 1 amide bonds. The molecule has 2 rings (SSSR count). The second-order valence-electron chi connectivity index (χ2n) is 5.68. The van der Waals surface area contributed by atoms with E-state index in [1.54, 1.807) is 19.2 Å². The molecule has 0 aliphatic heterocycles. The summed E-state index contributed by atoms with van der Waals surface area (Å²) in [6.45, 7) is 3.64. The highest BCUT2D eigenvalue weighted by molar-refractivity contribution is 5.94. The Bertz CT molecular complexity index is 690. The molecule has 5 nitrogen and oxygen atoms in total. The summed E-state index contributed by atoms with van der Waals surface area (Å²) in [7, 11) is 1.63. The molecule has 0 atom stereocenters. The van der Waals surface area contributed by atoms with Crippen molar-refractivity contribution in [3.05, 3.63) is 59.2 Å². The number of nitrogens with two attached hydrogens (primary N) is 1. The first-order valence-electron chi connectivity index (χ1n) is 8.54. The first-order valence-corrected chi connectivity index (χ1v) is 8.54. The second-order valence-corrected chi connectivity index (χ2v) is 5.68. The van der Waals surface area contributed by atoms with Crippen molar-refractivity contribution in [1.82, 2.24) is 5.32 Å². The zero-order valence-corrected chi connectivity index (χ0v) is 16.1. The van der Waals surface area contributed by atoms with Gasteiger partial charge in [0, 0.05) is 18.7 Å². The molecule has 0 aromatic heterocycles. The number of amides is 1. The molecule has 2 aromatic rings. The monoisotopic (exact) mass is 378 g/mol. The summed E-state index contributed by atoms with van der Waals surface area (Å²) in [6, 6.07) is 13.3. The molecule has 0 saturated heterocycles. The van der Waals surface area contributed by atoms with Gasteiger partial charge in [-0.05, 0) is 55.2 Å². The lowest BCUT2D eigenvalue weighted by Crippen LogP contribution is -2.24. The van der Waals surface area contributed by atoms with Gasteiger partial charge in [0.25, 0.3) is 5.91 Å². The molecule has 2 aromatic carbocycles. The van der Waals surface area contributed by atoms with Crippen LogP contribution in [0, 0.1) is 0 Å². The third-order valence-corrected chi connectivity index (χ3v) is 3.91. The van der Waals surface area contributed by atoms with Gasteiger partial charge in [-0.2, -0.15) is 0 Å². The molecular formula is C20H27ClN2O3. The van der Waals surface area contributed by atoms with Crippen molar-refractivity contribution in [2.45, 2.75) is 26.3 Å². The van der Waals surface area contributed by atoms with Gasteiger partial charge in [-0.1, -0.05) is 18.2 Å². The molecule has 26 heavy (non-hydrogen) atoms. The lowest BCUT2D eigenvalue weighted by molar-refractivity contribution is 0.0953. The number of rotatable bonds is 9. The lowest BCUT2D eigenvalue weighted by Gasteiger charge is -2.11. The van der Waals surface area contributed by atoms with E-state index in [2.05, 4.69) is 5.32 Å². The number of carbonyl (C=O) groups excluding carboxylic acids is 1. The van der Waals surface area contributed by atoms with Crippen molar-refractivity contribution >= 4 is 18.3 Å². The Labute approximate surface area is 161 Å². The smallest absolute Gasteiger partial charge is 0.251 e. The summed E-state index contributed by atoms with van der Waals surface area (Å²) in [5, 5.41) is 2.94. The average Bonchev–Trinajstić information content (AvgIpc) is 2.65. The Kier molecular flexibility index (Phi) is 9.55. The lowest BCUT2D eigenvalue weighted by atomic mass is 10.1. The van der Waals surface area contributed by atoms with Crippen LogP contribution in [0.3, 0.4) is 0 Å².